The van der Waals surface area contributed by atoms with Gasteiger partial charge in [0.25, 0.3) is 0 Å². The number of aliphatic hydroxyl groups excluding tert-OH is 1. The second kappa shape index (κ2) is 48.9. The van der Waals surface area contributed by atoms with E-state index in [-0.39, 0.29) is 19.1 Å². The van der Waals surface area contributed by atoms with Gasteiger partial charge in [-0.25, -0.2) is 4.57 Å². The third kappa shape index (κ3) is 51.6. The Morgan fingerprint density at radius 1 is 0.522 bits per heavy atom. The van der Waals surface area contributed by atoms with E-state index in [2.05, 4.69) is 79.9 Å². The number of likely N-dealkylation sites (N-methyl/N-ethyl adjacent to an activating group) is 1. The summed E-state index contributed by atoms with van der Waals surface area (Å²) < 4.78 is 23.6. The second-order valence-corrected chi connectivity index (χ2v) is 21.4. The van der Waals surface area contributed by atoms with E-state index in [4.69, 9.17) is 9.05 Å². The molecule has 67 heavy (non-hydrogen) atoms. The molecule has 0 aromatic rings. The van der Waals surface area contributed by atoms with Crippen molar-refractivity contribution < 1.29 is 32.9 Å². The molecule has 0 spiro atoms. The maximum atomic E-state index is 12.9. The minimum absolute atomic E-state index is 0.0449. The fraction of sp³-hybridized carbons (Fsp3) is 0.776. The zero-order valence-electron chi connectivity index (χ0n) is 44.4. The van der Waals surface area contributed by atoms with Crippen molar-refractivity contribution in [1.29, 1.82) is 0 Å². The third-order valence-corrected chi connectivity index (χ3v) is 13.1. The van der Waals surface area contributed by atoms with Gasteiger partial charge in [-0.1, -0.05) is 234 Å². The number of amides is 1. The number of quaternary nitrogens is 1. The summed E-state index contributed by atoms with van der Waals surface area (Å²) in [5, 5.41) is 13.8. The molecule has 0 aliphatic rings. The molecule has 0 bridgehead atoms. The van der Waals surface area contributed by atoms with Crippen LogP contribution in [0.3, 0.4) is 0 Å². The SMILES string of the molecule is CC/C=C\C/C=C\C/C=C\C/C=C\CCCCC(=O)NC(COP(=O)(O)OCC[N+](C)(C)C)C(O)/C=C/CC/C=C/CCCCCCCCCCCCCCCCCCCCCCCCCC. The molecular formula is C58H108N2O6P+. The summed E-state index contributed by atoms with van der Waals surface area (Å²) in [7, 11) is 1.52. The fourth-order valence-corrected chi connectivity index (χ4v) is 8.55. The van der Waals surface area contributed by atoms with Gasteiger partial charge < -0.3 is 19.8 Å². The highest BCUT2D eigenvalue weighted by molar-refractivity contribution is 7.47. The number of allylic oxidation sites excluding steroid dienone is 11. The summed E-state index contributed by atoms with van der Waals surface area (Å²) in [5.41, 5.74) is 0. The lowest BCUT2D eigenvalue weighted by atomic mass is 10.0. The van der Waals surface area contributed by atoms with E-state index < -0.39 is 20.0 Å². The Labute approximate surface area is 414 Å². The fourth-order valence-electron chi connectivity index (χ4n) is 7.81. The van der Waals surface area contributed by atoms with Crippen molar-refractivity contribution in [3.8, 4) is 0 Å². The summed E-state index contributed by atoms with van der Waals surface area (Å²) in [6.45, 7) is 4.65. The Morgan fingerprint density at radius 2 is 0.910 bits per heavy atom. The van der Waals surface area contributed by atoms with Gasteiger partial charge in [0.1, 0.15) is 13.2 Å². The first-order valence-corrected chi connectivity index (χ1v) is 29.3. The highest BCUT2D eigenvalue weighted by atomic mass is 31.2. The molecule has 0 aliphatic heterocycles. The van der Waals surface area contributed by atoms with Gasteiger partial charge in [-0.05, 0) is 70.6 Å². The molecule has 0 heterocycles. The van der Waals surface area contributed by atoms with Crippen molar-refractivity contribution >= 4 is 13.7 Å². The van der Waals surface area contributed by atoms with E-state index in [0.29, 0.717) is 23.9 Å². The first kappa shape index (κ1) is 64.9. The van der Waals surface area contributed by atoms with Crippen molar-refractivity contribution in [2.75, 3.05) is 40.9 Å². The van der Waals surface area contributed by atoms with Crippen molar-refractivity contribution in [3.05, 3.63) is 72.9 Å². The topological polar surface area (TPSA) is 105 Å². The Morgan fingerprint density at radius 3 is 1.37 bits per heavy atom. The van der Waals surface area contributed by atoms with E-state index in [0.717, 1.165) is 57.8 Å². The van der Waals surface area contributed by atoms with Crippen molar-refractivity contribution in [3.63, 3.8) is 0 Å². The van der Waals surface area contributed by atoms with E-state index in [1.165, 1.54) is 154 Å². The molecule has 0 saturated carbocycles. The molecule has 0 radical (unpaired) electrons. The van der Waals surface area contributed by atoms with Gasteiger partial charge in [0.15, 0.2) is 0 Å². The van der Waals surface area contributed by atoms with E-state index in [9.17, 15) is 19.4 Å². The zero-order valence-corrected chi connectivity index (χ0v) is 45.3. The van der Waals surface area contributed by atoms with E-state index >= 15 is 0 Å². The summed E-state index contributed by atoms with van der Waals surface area (Å²) in [4.78, 5) is 23.2. The predicted molar refractivity (Wildman–Crippen MR) is 290 cm³/mol. The third-order valence-electron chi connectivity index (χ3n) is 12.2. The van der Waals surface area contributed by atoms with Crippen LogP contribution >= 0.6 is 7.82 Å². The lowest BCUT2D eigenvalue weighted by Gasteiger charge is -2.25. The second-order valence-electron chi connectivity index (χ2n) is 19.9. The summed E-state index contributed by atoms with van der Waals surface area (Å²) >= 11 is 0. The predicted octanol–water partition coefficient (Wildman–Crippen LogP) is 16.7. The van der Waals surface area contributed by atoms with Gasteiger partial charge in [-0.3, -0.25) is 13.8 Å². The van der Waals surface area contributed by atoms with Crippen LogP contribution in [0, 0.1) is 0 Å². The molecular weight excluding hydrogens is 852 g/mol. The van der Waals surface area contributed by atoms with Crippen molar-refractivity contribution in [1.82, 2.24) is 5.32 Å². The number of phosphoric acid groups is 1. The standard InChI is InChI=1S/C58H107N2O6P/c1-6-8-10-12-14-16-18-20-22-23-24-25-26-27-28-29-30-31-32-33-34-35-36-38-39-41-43-45-47-49-51-57(61)56(55-66-67(63,64)65-54-53-60(3,4)5)59-58(62)52-50-48-46-44-42-40-37-21-19-17-15-13-11-9-7-2/h9,11,15,17,21,37,41-44,49,51,56-57,61H,6-8,10,12-14,16,18-20,22-36,38-40,45-48,50,52-55H2,1-5H3,(H-,59,62,63,64)/p+1/b11-9-,17-15-,37-21-,43-41+,44-42-,51-49+. The van der Waals surface area contributed by atoms with Gasteiger partial charge >= 0.3 is 7.82 Å². The van der Waals surface area contributed by atoms with Crippen LogP contribution in [0.1, 0.15) is 239 Å². The van der Waals surface area contributed by atoms with Gasteiger partial charge in [-0.15, -0.1) is 0 Å². The number of hydrogen-bond donors (Lipinski definition) is 3. The maximum Gasteiger partial charge on any atom is 0.472 e. The number of carbonyl (C=O) groups excluding carboxylic acids is 1. The Bertz CT molecular complexity index is 1320. The van der Waals surface area contributed by atoms with Gasteiger partial charge in [0, 0.05) is 6.42 Å². The average Bonchev–Trinajstić information content (AvgIpc) is 3.29. The minimum atomic E-state index is -4.37. The number of rotatable bonds is 50. The van der Waals surface area contributed by atoms with Crippen LogP contribution in [0.5, 0.6) is 0 Å². The normalized spacial score (nSPS) is 14.6. The van der Waals surface area contributed by atoms with Crippen LogP contribution in [-0.2, 0) is 18.4 Å². The highest BCUT2D eigenvalue weighted by Crippen LogP contribution is 2.43. The molecule has 1 amide bonds. The van der Waals surface area contributed by atoms with Crippen LogP contribution in [0.15, 0.2) is 72.9 Å². The van der Waals surface area contributed by atoms with E-state index in [1.54, 1.807) is 6.08 Å². The van der Waals surface area contributed by atoms with Crippen molar-refractivity contribution in [2.45, 2.75) is 251 Å². The van der Waals surface area contributed by atoms with Crippen LogP contribution in [0.2, 0.25) is 0 Å². The largest absolute Gasteiger partial charge is 0.472 e. The highest BCUT2D eigenvalue weighted by Gasteiger charge is 2.27. The quantitative estimate of drug-likeness (QED) is 0.0243. The number of nitrogens with zero attached hydrogens (tertiary/aromatic N) is 1. The number of hydrogen-bond acceptors (Lipinski definition) is 5. The molecule has 8 nitrogen and oxygen atoms in total. The van der Waals surface area contributed by atoms with E-state index in [1.807, 2.05) is 27.2 Å². The number of carbonyl (C=O) groups is 1. The lowest BCUT2D eigenvalue weighted by Crippen LogP contribution is -2.45. The molecule has 9 heteroatoms. The molecule has 0 aromatic carbocycles. The van der Waals surface area contributed by atoms with Gasteiger partial charge in [0.05, 0.1) is 39.9 Å². The first-order chi connectivity index (χ1) is 32.5. The molecule has 3 unspecified atom stereocenters. The molecule has 390 valence electrons. The molecule has 0 rings (SSSR count). The number of nitrogens with one attached hydrogen (secondary N) is 1. The molecule has 0 fully saturated rings. The summed E-state index contributed by atoms with van der Waals surface area (Å²) in [6.07, 6.45) is 67.4. The molecule has 3 N–H and O–H groups in total. The summed E-state index contributed by atoms with van der Waals surface area (Å²) in [6, 6.07) is -0.889. The maximum absolute atomic E-state index is 12.9. The first-order valence-electron chi connectivity index (χ1n) is 27.8. The molecule has 0 saturated heterocycles. The van der Waals surface area contributed by atoms with Crippen LogP contribution in [-0.4, -0.2) is 73.4 Å². The van der Waals surface area contributed by atoms with Crippen molar-refractivity contribution in [2.24, 2.45) is 0 Å². The summed E-state index contributed by atoms with van der Waals surface area (Å²) in [5.74, 6) is -0.228. The molecule has 3 atom stereocenters. The minimum Gasteiger partial charge on any atom is -0.387 e. The Balaban J connectivity index is 4.23. The smallest absolute Gasteiger partial charge is 0.387 e. The Hall–Kier alpha value is -2.06. The van der Waals surface area contributed by atoms with Crippen LogP contribution in [0.4, 0.5) is 0 Å². The lowest BCUT2D eigenvalue weighted by molar-refractivity contribution is -0.870. The molecule has 0 aromatic heterocycles. The number of aliphatic hydroxyl groups is 1. The van der Waals surface area contributed by atoms with Gasteiger partial charge in [-0.2, -0.15) is 0 Å². The zero-order chi connectivity index (χ0) is 49.2. The van der Waals surface area contributed by atoms with Crippen LogP contribution < -0.4 is 5.32 Å². The number of phosphoric ester groups is 1. The molecule has 0 aliphatic carbocycles. The van der Waals surface area contributed by atoms with Crippen LogP contribution in [0.25, 0.3) is 0 Å². The monoisotopic (exact) mass is 960 g/mol. The average molecular weight is 960 g/mol. The van der Waals surface area contributed by atoms with Gasteiger partial charge in [0.2, 0.25) is 5.91 Å². The Kier molecular flexibility index (Phi) is 47.4. The number of unbranched alkanes of at least 4 members (excludes halogenated alkanes) is 27.